The first-order valence-corrected chi connectivity index (χ1v) is 7.90. The smallest absolute Gasteiger partial charge is 0.316 e. The average Bonchev–Trinajstić information content (AvgIpc) is 3.10. The number of rotatable bonds is 5. The maximum atomic E-state index is 13.9. The van der Waals surface area contributed by atoms with E-state index >= 15 is 0 Å². The number of hydrogen-bond acceptors (Lipinski definition) is 8. The third-order valence-corrected chi connectivity index (χ3v) is 4.28. The highest BCUT2D eigenvalue weighted by atomic mass is 32.2. The number of benzene rings is 1. The predicted octanol–water partition coefficient (Wildman–Crippen LogP) is 0.605. The Kier molecular flexibility index (Phi) is 4.04. The molecule has 1 aromatic carbocycles. The molecule has 2 N–H and O–H groups in total. The van der Waals surface area contributed by atoms with E-state index in [0.717, 1.165) is 18.2 Å². The number of nitrogens with zero attached hydrogens (tertiary/aromatic N) is 5. The van der Waals surface area contributed by atoms with Gasteiger partial charge in [-0.25, -0.2) is 22.8 Å². The number of H-pyrrole nitrogens is 1. The molecule has 0 bridgehead atoms. The number of hydrogen-bond donors (Lipinski definition) is 2. The summed E-state index contributed by atoms with van der Waals surface area (Å²) < 4.78 is 45.7. The number of ether oxygens (including phenoxy) is 1. The van der Waals surface area contributed by atoms with Gasteiger partial charge in [0.1, 0.15) is 5.82 Å². The molecule has 12 heteroatoms. The van der Waals surface area contributed by atoms with Crippen LogP contribution >= 0.6 is 0 Å². The summed E-state index contributed by atoms with van der Waals surface area (Å²) >= 11 is 0. The zero-order chi connectivity index (χ0) is 17.2. The van der Waals surface area contributed by atoms with E-state index in [0.29, 0.717) is 0 Å². The summed E-state index contributed by atoms with van der Waals surface area (Å²) in [5, 5.41) is 12.8. The number of aromatic amines is 1. The lowest BCUT2D eigenvalue weighted by Crippen LogP contribution is -2.14. The maximum absolute atomic E-state index is 13.9. The van der Waals surface area contributed by atoms with Crippen molar-refractivity contribution in [3.8, 4) is 17.4 Å². The highest BCUT2D eigenvalue weighted by Crippen LogP contribution is 2.23. The predicted molar refractivity (Wildman–Crippen MR) is 79.0 cm³/mol. The van der Waals surface area contributed by atoms with Crippen LogP contribution in [0, 0.1) is 5.82 Å². The molecule has 0 atom stereocenters. The first-order valence-electron chi connectivity index (χ1n) is 6.42. The molecular formula is C12H10FN7O3S. The lowest BCUT2D eigenvalue weighted by molar-refractivity contribution is 0.380. The van der Waals surface area contributed by atoms with Crippen molar-refractivity contribution in [1.29, 1.82) is 0 Å². The fourth-order valence-corrected chi connectivity index (χ4v) is 2.86. The van der Waals surface area contributed by atoms with E-state index in [4.69, 9.17) is 4.74 Å². The van der Waals surface area contributed by atoms with E-state index in [1.807, 2.05) is 0 Å². The molecular weight excluding hydrogens is 341 g/mol. The van der Waals surface area contributed by atoms with Crippen LogP contribution in [0.15, 0.2) is 35.5 Å². The number of halogens is 1. The lowest BCUT2D eigenvalue weighted by atomic mass is 10.2. The van der Waals surface area contributed by atoms with Crippen molar-refractivity contribution < 1.29 is 17.5 Å². The SMILES string of the molecule is COc1ncc(NS(=O)(=O)c2ccc(F)c(-c3nn[nH]n3)c2)cn1. The largest absolute Gasteiger partial charge is 0.467 e. The molecule has 0 saturated heterocycles. The molecule has 0 unspecified atom stereocenters. The van der Waals surface area contributed by atoms with Crippen LogP contribution in [-0.4, -0.2) is 46.1 Å². The van der Waals surface area contributed by atoms with E-state index in [-0.39, 0.29) is 28.0 Å². The van der Waals surface area contributed by atoms with Crippen molar-refractivity contribution in [2.45, 2.75) is 4.90 Å². The van der Waals surface area contributed by atoms with Crippen molar-refractivity contribution in [3.63, 3.8) is 0 Å². The summed E-state index contributed by atoms with van der Waals surface area (Å²) in [6, 6.07) is 3.32. The third kappa shape index (κ3) is 3.12. The van der Waals surface area contributed by atoms with Gasteiger partial charge in [-0.3, -0.25) is 4.72 Å². The average molecular weight is 351 g/mol. The van der Waals surface area contributed by atoms with Gasteiger partial charge in [-0.2, -0.15) is 5.21 Å². The van der Waals surface area contributed by atoms with Gasteiger partial charge in [0.15, 0.2) is 0 Å². The fourth-order valence-electron chi connectivity index (χ4n) is 1.81. The maximum Gasteiger partial charge on any atom is 0.316 e. The van der Waals surface area contributed by atoms with Crippen molar-refractivity contribution in [2.75, 3.05) is 11.8 Å². The second-order valence-corrected chi connectivity index (χ2v) is 6.12. The van der Waals surface area contributed by atoms with Gasteiger partial charge in [-0.1, -0.05) is 0 Å². The van der Waals surface area contributed by atoms with Gasteiger partial charge in [0, 0.05) is 0 Å². The summed E-state index contributed by atoms with van der Waals surface area (Å²) in [5.41, 5.74) is 0.0267. The van der Waals surface area contributed by atoms with Gasteiger partial charge >= 0.3 is 6.01 Å². The van der Waals surface area contributed by atoms with Crippen LogP contribution in [0.25, 0.3) is 11.4 Å². The monoisotopic (exact) mass is 351 g/mol. The molecule has 0 fully saturated rings. The van der Waals surface area contributed by atoms with E-state index in [9.17, 15) is 12.8 Å². The van der Waals surface area contributed by atoms with Gasteiger partial charge in [0.05, 0.1) is 35.6 Å². The van der Waals surface area contributed by atoms with Crippen molar-refractivity contribution in [2.24, 2.45) is 0 Å². The second-order valence-electron chi connectivity index (χ2n) is 4.44. The Bertz CT molecular complexity index is 945. The Balaban J connectivity index is 1.93. The molecule has 2 heterocycles. The van der Waals surface area contributed by atoms with E-state index < -0.39 is 15.8 Å². The normalized spacial score (nSPS) is 11.2. The van der Waals surface area contributed by atoms with Gasteiger partial charge in [-0.15, -0.1) is 10.2 Å². The zero-order valence-corrected chi connectivity index (χ0v) is 13.0. The summed E-state index contributed by atoms with van der Waals surface area (Å²) in [6.07, 6.45) is 2.49. The number of anilines is 1. The Morgan fingerprint density at radius 1 is 1.25 bits per heavy atom. The van der Waals surface area contributed by atoms with Crippen LogP contribution in [0.4, 0.5) is 10.1 Å². The van der Waals surface area contributed by atoms with Crippen LogP contribution in [0.2, 0.25) is 0 Å². The molecule has 124 valence electrons. The topological polar surface area (TPSA) is 136 Å². The van der Waals surface area contributed by atoms with Gasteiger partial charge in [0.2, 0.25) is 5.82 Å². The molecule has 3 rings (SSSR count). The van der Waals surface area contributed by atoms with E-state index in [2.05, 4.69) is 35.3 Å². The Labute approximate surface area is 135 Å². The van der Waals surface area contributed by atoms with Crippen LogP contribution in [0.1, 0.15) is 0 Å². The number of nitrogens with one attached hydrogen (secondary N) is 2. The van der Waals surface area contributed by atoms with Crippen LogP contribution in [0.3, 0.4) is 0 Å². The first-order chi connectivity index (χ1) is 11.5. The summed E-state index contributed by atoms with van der Waals surface area (Å²) in [4.78, 5) is 7.41. The van der Waals surface area contributed by atoms with Crippen molar-refractivity contribution >= 4 is 15.7 Å². The molecule has 0 amide bonds. The minimum absolute atomic E-state index is 0.0580. The Morgan fingerprint density at radius 3 is 2.62 bits per heavy atom. The highest BCUT2D eigenvalue weighted by molar-refractivity contribution is 7.92. The van der Waals surface area contributed by atoms with Crippen LogP contribution in [0.5, 0.6) is 6.01 Å². The molecule has 0 saturated carbocycles. The molecule has 3 aromatic rings. The van der Waals surface area contributed by atoms with E-state index in [1.165, 1.54) is 19.5 Å². The number of tetrazole rings is 1. The number of aromatic nitrogens is 6. The van der Waals surface area contributed by atoms with E-state index in [1.54, 1.807) is 0 Å². The Hall–Kier alpha value is -3.15. The molecule has 0 aliphatic heterocycles. The molecule has 10 nitrogen and oxygen atoms in total. The van der Waals surface area contributed by atoms with Gasteiger partial charge in [-0.05, 0) is 23.4 Å². The first kappa shape index (κ1) is 15.7. The van der Waals surface area contributed by atoms with Crippen molar-refractivity contribution in [1.82, 2.24) is 30.6 Å². The highest BCUT2D eigenvalue weighted by Gasteiger charge is 2.19. The van der Waals surface area contributed by atoms with Crippen LogP contribution < -0.4 is 9.46 Å². The Morgan fingerprint density at radius 2 is 2.00 bits per heavy atom. The summed E-state index contributed by atoms with van der Waals surface area (Å²) in [7, 11) is -2.60. The van der Waals surface area contributed by atoms with Gasteiger partial charge < -0.3 is 4.74 Å². The molecule has 24 heavy (non-hydrogen) atoms. The zero-order valence-electron chi connectivity index (χ0n) is 12.1. The van der Waals surface area contributed by atoms with Crippen LogP contribution in [-0.2, 0) is 10.0 Å². The summed E-state index contributed by atoms with van der Waals surface area (Å²) in [5.74, 6) is -0.736. The molecule has 0 aliphatic rings. The summed E-state index contributed by atoms with van der Waals surface area (Å²) in [6.45, 7) is 0. The lowest BCUT2D eigenvalue weighted by Gasteiger charge is -2.09. The fraction of sp³-hybridized carbons (Fsp3) is 0.0833. The molecule has 0 aliphatic carbocycles. The van der Waals surface area contributed by atoms with Gasteiger partial charge in [0.25, 0.3) is 10.0 Å². The number of methoxy groups -OCH3 is 1. The second kappa shape index (κ2) is 6.16. The van der Waals surface area contributed by atoms with Crippen molar-refractivity contribution in [3.05, 3.63) is 36.4 Å². The molecule has 0 spiro atoms. The number of sulfonamides is 1. The standard InChI is InChI=1S/C12H10FN7O3S/c1-23-12-14-5-7(6-15-12)18-24(21,22)8-2-3-10(13)9(4-8)11-16-19-20-17-11/h2-6,18H,1H3,(H,16,17,19,20). The third-order valence-electron chi connectivity index (χ3n) is 2.90. The minimum atomic E-state index is -3.99. The minimum Gasteiger partial charge on any atom is -0.467 e. The quantitative estimate of drug-likeness (QED) is 0.682. The molecule has 0 radical (unpaired) electrons. The molecule has 2 aromatic heterocycles.